The third-order valence-electron chi connectivity index (χ3n) is 9.96. The lowest BCUT2D eigenvalue weighted by Gasteiger charge is -2.63. The Hall–Kier alpha value is -1.86. The molecular weight excluding hydrogens is 432 g/mol. The number of hydrogen-bond acceptors (Lipinski definition) is 6. The molecule has 0 unspecified atom stereocenters. The number of carbonyl (C=O) groups is 2. The molecule has 3 fully saturated rings. The lowest BCUT2D eigenvalue weighted by molar-refractivity contribution is -0.328. The van der Waals surface area contributed by atoms with Crippen molar-refractivity contribution in [1.82, 2.24) is 0 Å². The van der Waals surface area contributed by atoms with Crippen LogP contribution in [0, 0.1) is 28.6 Å². The second-order valence-corrected chi connectivity index (χ2v) is 11.5. The largest absolute Gasteiger partial charge is 0.388 e. The Morgan fingerprint density at radius 3 is 2.53 bits per heavy atom. The van der Waals surface area contributed by atoms with Gasteiger partial charge in [0, 0.05) is 24.2 Å². The van der Waals surface area contributed by atoms with Crippen LogP contribution >= 0.6 is 0 Å². The topological polar surface area (TPSA) is 104 Å². The fourth-order valence-electron chi connectivity index (χ4n) is 8.30. The van der Waals surface area contributed by atoms with Crippen LogP contribution in [-0.2, 0) is 20.9 Å². The fraction of sp³-hybridized carbons (Fsp3) is 0.643. The van der Waals surface area contributed by atoms with E-state index in [1.807, 2.05) is 37.3 Å². The highest BCUT2D eigenvalue weighted by Gasteiger charge is 2.72. The molecule has 1 aromatic rings. The molecule has 0 saturated heterocycles. The molecular formula is C28H36O6. The van der Waals surface area contributed by atoms with E-state index >= 15 is 0 Å². The molecule has 6 nitrogen and oxygen atoms in total. The average Bonchev–Trinajstić information content (AvgIpc) is 3.09. The van der Waals surface area contributed by atoms with Gasteiger partial charge in [-0.05, 0) is 61.0 Å². The van der Waals surface area contributed by atoms with Gasteiger partial charge in [0.25, 0.3) is 0 Å². The number of allylic oxidation sites excluding steroid dienone is 1. The van der Waals surface area contributed by atoms with Crippen molar-refractivity contribution < 1.29 is 29.6 Å². The molecule has 6 heteroatoms. The van der Waals surface area contributed by atoms with Crippen molar-refractivity contribution in [3.63, 3.8) is 0 Å². The smallest absolute Gasteiger partial charge is 0.190 e. The van der Waals surface area contributed by atoms with Crippen molar-refractivity contribution in [2.24, 2.45) is 28.6 Å². The van der Waals surface area contributed by atoms with Crippen LogP contribution in [0.15, 0.2) is 42.0 Å². The zero-order valence-electron chi connectivity index (χ0n) is 20.1. The normalized spacial score (nSPS) is 43.5. The molecule has 184 valence electrons. The first-order chi connectivity index (χ1) is 16.1. The summed E-state index contributed by atoms with van der Waals surface area (Å²) >= 11 is 0. The predicted molar refractivity (Wildman–Crippen MR) is 125 cm³/mol. The highest BCUT2D eigenvalue weighted by Crippen LogP contribution is 2.70. The van der Waals surface area contributed by atoms with Crippen LogP contribution < -0.4 is 0 Å². The van der Waals surface area contributed by atoms with Gasteiger partial charge in [0.1, 0.15) is 12.2 Å². The number of fused-ring (bicyclic) bond motifs is 5. The van der Waals surface area contributed by atoms with Crippen molar-refractivity contribution in [2.75, 3.05) is 6.61 Å². The second kappa shape index (κ2) is 8.09. The third kappa shape index (κ3) is 3.29. The molecule has 0 amide bonds. The SMILES string of the molecule is C[C@]12CCC(=O)C=C1CC[C@@H]1[C@@H]2[C@](O)(OCc2ccccc2)C[C@@]2(C)[C@H]1CC[C@]2(O)C(=O)CO. The molecule has 0 radical (unpaired) electrons. The molecule has 7 atom stereocenters. The molecule has 4 aliphatic carbocycles. The molecule has 3 N–H and O–H groups in total. The van der Waals surface area contributed by atoms with Gasteiger partial charge in [0.2, 0.25) is 0 Å². The molecule has 34 heavy (non-hydrogen) atoms. The lowest BCUT2D eigenvalue weighted by Crippen LogP contribution is -2.67. The first kappa shape index (κ1) is 23.9. The number of aliphatic hydroxyl groups is 3. The number of carbonyl (C=O) groups excluding carboxylic acids is 2. The quantitative estimate of drug-likeness (QED) is 0.573. The van der Waals surface area contributed by atoms with Crippen molar-refractivity contribution in [3.05, 3.63) is 47.5 Å². The van der Waals surface area contributed by atoms with E-state index in [0.29, 0.717) is 19.3 Å². The average molecular weight is 469 g/mol. The lowest BCUT2D eigenvalue weighted by atomic mass is 9.44. The van der Waals surface area contributed by atoms with Crippen LogP contribution in [0.3, 0.4) is 0 Å². The zero-order valence-corrected chi connectivity index (χ0v) is 20.1. The van der Waals surface area contributed by atoms with Crippen LogP contribution in [0.2, 0.25) is 0 Å². The summed E-state index contributed by atoms with van der Waals surface area (Å²) in [6.07, 6.45) is 5.51. The summed E-state index contributed by atoms with van der Waals surface area (Å²) in [6.45, 7) is 3.54. The van der Waals surface area contributed by atoms with E-state index < -0.39 is 29.2 Å². The van der Waals surface area contributed by atoms with E-state index in [4.69, 9.17) is 4.74 Å². The maximum absolute atomic E-state index is 12.8. The van der Waals surface area contributed by atoms with Gasteiger partial charge in [-0.25, -0.2) is 0 Å². The first-order valence-corrected chi connectivity index (χ1v) is 12.6. The van der Waals surface area contributed by atoms with Gasteiger partial charge in [-0.15, -0.1) is 0 Å². The molecule has 0 bridgehead atoms. The Bertz CT molecular complexity index is 1020. The first-order valence-electron chi connectivity index (χ1n) is 12.6. The van der Waals surface area contributed by atoms with Crippen LogP contribution in [0.4, 0.5) is 0 Å². The molecule has 0 spiro atoms. The van der Waals surface area contributed by atoms with Gasteiger partial charge < -0.3 is 20.1 Å². The van der Waals surface area contributed by atoms with Crippen molar-refractivity contribution in [3.8, 4) is 0 Å². The van der Waals surface area contributed by atoms with Gasteiger partial charge in [-0.3, -0.25) is 9.59 Å². The highest BCUT2D eigenvalue weighted by atomic mass is 16.6. The number of benzene rings is 1. The summed E-state index contributed by atoms with van der Waals surface area (Å²) in [5.41, 5.74) is -0.966. The summed E-state index contributed by atoms with van der Waals surface area (Å²) in [4.78, 5) is 25.1. The van der Waals surface area contributed by atoms with E-state index in [0.717, 1.165) is 24.0 Å². The van der Waals surface area contributed by atoms with Gasteiger partial charge in [0.05, 0.1) is 6.61 Å². The fourth-order valence-corrected chi connectivity index (χ4v) is 8.30. The molecule has 0 aliphatic heterocycles. The Morgan fingerprint density at radius 1 is 1.09 bits per heavy atom. The van der Waals surface area contributed by atoms with Gasteiger partial charge >= 0.3 is 0 Å². The standard InChI is InChI=1S/C28H36O6/c1-25-12-10-20(30)14-19(25)8-9-21-22-11-13-27(32,23(31)15-29)26(22,2)17-28(33,24(21)25)34-16-18-6-4-3-5-7-18/h3-7,14,21-22,24,29,32-33H,8-13,15-17H2,1-2H3/t21-,22-,24-,25-,26-,27-,28+/m0/s1. The number of aliphatic hydroxyl groups excluding tert-OH is 1. The van der Waals surface area contributed by atoms with Gasteiger partial charge in [-0.2, -0.15) is 0 Å². The molecule has 5 rings (SSSR count). The van der Waals surface area contributed by atoms with Gasteiger partial charge in [0.15, 0.2) is 17.4 Å². The Labute approximate surface area is 201 Å². The monoisotopic (exact) mass is 468 g/mol. The van der Waals surface area contributed by atoms with E-state index in [2.05, 4.69) is 6.92 Å². The predicted octanol–water partition coefficient (Wildman–Crippen LogP) is 3.33. The van der Waals surface area contributed by atoms with E-state index in [-0.39, 0.29) is 48.4 Å². The number of ether oxygens (including phenoxy) is 1. The maximum atomic E-state index is 12.8. The molecule has 0 aromatic heterocycles. The zero-order chi connectivity index (χ0) is 24.4. The number of hydrogen-bond donors (Lipinski definition) is 3. The second-order valence-electron chi connectivity index (χ2n) is 11.5. The molecule has 0 heterocycles. The van der Waals surface area contributed by atoms with Crippen molar-refractivity contribution in [2.45, 2.75) is 76.8 Å². The van der Waals surface area contributed by atoms with Crippen molar-refractivity contribution >= 4 is 11.6 Å². The Balaban J connectivity index is 1.59. The van der Waals surface area contributed by atoms with Crippen LogP contribution in [-0.4, -0.2) is 44.9 Å². The minimum atomic E-state index is -1.69. The van der Waals surface area contributed by atoms with E-state index in [9.17, 15) is 24.9 Å². The van der Waals surface area contributed by atoms with Gasteiger partial charge in [-0.1, -0.05) is 49.8 Å². The van der Waals surface area contributed by atoms with E-state index in [1.54, 1.807) is 6.08 Å². The molecule has 4 aliphatic rings. The van der Waals surface area contributed by atoms with Crippen LogP contribution in [0.25, 0.3) is 0 Å². The summed E-state index contributed by atoms with van der Waals surface area (Å²) in [6, 6.07) is 9.67. The number of rotatable bonds is 5. The summed E-state index contributed by atoms with van der Waals surface area (Å²) in [5, 5.41) is 33.7. The summed E-state index contributed by atoms with van der Waals surface area (Å²) in [7, 11) is 0. The number of ketones is 2. The Morgan fingerprint density at radius 2 is 1.82 bits per heavy atom. The van der Waals surface area contributed by atoms with Crippen molar-refractivity contribution in [1.29, 1.82) is 0 Å². The summed E-state index contributed by atoms with van der Waals surface area (Å²) in [5.74, 6) is -2.21. The molecule has 1 aromatic carbocycles. The van der Waals surface area contributed by atoms with Crippen LogP contribution in [0.1, 0.15) is 64.4 Å². The number of Topliss-reactive ketones (excluding diaryl/α,β-unsaturated/α-hetero) is 1. The van der Waals surface area contributed by atoms with E-state index in [1.165, 1.54) is 0 Å². The summed E-state index contributed by atoms with van der Waals surface area (Å²) < 4.78 is 6.41. The minimum absolute atomic E-state index is 0.0228. The Kier molecular flexibility index (Phi) is 5.68. The van der Waals surface area contributed by atoms with Crippen LogP contribution in [0.5, 0.6) is 0 Å². The third-order valence-corrected chi connectivity index (χ3v) is 9.96. The molecule has 3 saturated carbocycles. The highest BCUT2D eigenvalue weighted by molar-refractivity contribution is 5.91. The maximum Gasteiger partial charge on any atom is 0.190 e. The minimum Gasteiger partial charge on any atom is -0.388 e.